The van der Waals surface area contributed by atoms with Crippen LogP contribution in [0.2, 0.25) is 0 Å². The molecule has 1 heterocycles. The zero-order valence-corrected chi connectivity index (χ0v) is 8.38. The summed E-state index contributed by atoms with van der Waals surface area (Å²) in [5.74, 6) is -2.05. The highest BCUT2D eigenvalue weighted by Gasteiger charge is 2.13. The molecule has 0 aliphatic heterocycles. The lowest BCUT2D eigenvalue weighted by molar-refractivity contribution is 0.0692. The van der Waals surface area contributed by atoms with Gasteiger partial charge in [-0.05, 0) is 18.2 Å². The van der Waals surface area contributed by atoms with Crippen LogP contribution in [0.5, 0.6) is 0 Å². The predicted molar refractivity (Wildman–Crippen MR) is 53.4 cm³/mol. The van der Waals surface area contributed by atoms with E-state index in [1.807, 2.05) is 0 Å². The summed E-state index contributed by atoms with van der Waals surface area (Å²) in [6.45, 7) is 0. The Balaban J connectivity index is 2.56. The van der Waals surface area contributed by atoms with Crippen LogP contribution in [0.4, 0.5) is 4.39 Å². The normalized spacial score (nSPS) is 10.4. The summed E-state index contributed by atoms with van der Waals surface area (Å²) in [6.07, 6.45) is 1.48. The van der Waals surface area contributed by atoms with Gasteiger partial charge in [0.1, 0.15) is 5.82 Å². The van der Waals surface area contributed by atoms with Gasteiger partial charge in [0, 0.05) is 12.6 Å². The highest BCUT2D eigenvalue weighted by molar-refractivity contribution is 5.89. The summed E-state index contributed by atoms with van der Waals surface area (Å²) < 4.78 is 14.6. The van der Waals surface area contributed by atoms with E-state index in [-0.39, 0.29) is 5.56 Å². The second kappa shape index (κ2) is 3.73. The minimum Gasteiger partial charge on any atom is -0.478 e. The number of hydrogen-bond donors (Lipinski definition) is 1. The summed E-state index contributed by atoms with van der Waals surface area (Å²) in [5.41, 5.74) is 0.826. The van der Waals surface area contributed by atoms with E-state index in [1.54, 1.807) is 7.05 Å². The van der Waals surface area contributed by atoms with Gasteiger partial charge in [-0.1, -0.05) is 5.21 Å². The van der Waals surface area contributed by atoms with Crippen LogP contribution in [0, 0.1) is 5.82 Å². The van der Waals surface area contributed by atoms with Gasteiger partial charge in [0.05, 0.1) is 17.5 Å². The molecule has 0 fully saturated rings. The first-order valence-corrected chi connectivity index (χ1v) is 4.47. The van der Waals surface area contributed by atoms with Gasteiger partial charge in [0.2, 0.25) is 0 Å². The third-order valence-electron chi connectivity index (χ3n) is 2.21. The number of benzene rings is 1. The second-order valence-electron chi connectivity index (χ2n) is 3.24. The molecule has 2 rings (SSSR count). The number of halogens is 1. The number of aryl methyl sites for hydroxylation is 1. The van der Waals surface area contributed by atoms with E-state index in [2.05, 4.69) is 10.3 Å². The minimum absolute atomic E-state index is 0.362. The lowest BCUT2D eigenvalue weighted by Gasteiger charge is -2.03. The Hall–Kier alpha value is -2.24. The van der Waals surface area contributed by atoms with E-state index in [0.29, 0.717) is 11.3 Å². The molecular formula is C10H8FN3O2. The van der Waals surface area contributed by atoms with E-state index in [9.17, 15) is 9.18 Å². The fourth-order valence-electron chi connectivity index (χ4n) is 1.40. The van der Waals surface area contributed by atoms with Crippen LogP contribution in [-0.4, -0.2) is 26.1 Å². The molecule has 2 aromatic rings. The summed E-state index contributed by atoms with van der Waals surface area (Å²) in [7, 11) is 1.67. The second-order valence-corrected chi connectivity index (χ2v) is 3.24. The van der Waals surface area contributed by atoms with E-state index < -0.39 is 11.8 Å². The molecule has 0 spiro atoms. The van der Waals surface area contributed by atoms with Crippen molar-refractivity contribution in [3.8, 4) is 11.3 Å². The maximum Gasteiger partial charge on any atom is 0.338 e. The van der Waals surface area contributed by atoms with Gasteiger partial charge in [-0.3, -0.25) is 0 Å². The van der Waals surface area contributed by atoms with Gasteiger partial charge in [0.15, 0.2) is 0 Å². The first-order chi connectivity index (χ1) is 7.59. The van der Waals surface area contributed by atoms with Crippen molar-refractivity contribution in [3.63, 3.8) is 0 Å². The Morgan fingerprint density at radius 1 is 1.50 bits per heavy atom. The molecule has 82 valence electrons. The molecule has 6 heteroatoms. The van der Waals surface area contributed by atoms with Crippen molar-refractivity contribution in [2.75, 3.05) is 0 Å². The first-order valence-electron chi connectivity index (χ1n) is 4.47. The Morgan fingerprint density at radius 3 is 2.81 bits per heavy atom. The third kappa shape index (κ3) is 1.65. The molecule has 0 aliphatic carbocycles. The molecule has 0 saturated carbocycles. The topological polar surface area (TPSA) is 68.0 Å². The number of aromatic carboxylic acids is 1. The lowest BCUT2D eigenvalue weighted by atomic mass is 10.1. The standard InChI is InChI=1S/C10H8FN3O2/c1-14-9(5-12-13-14)6-2-3-8(11)7(4-6)10(15)16/h2-5H,1H3,(H,15,16). The molecule has 0 unspecified atom stereocenters. The zero-order valence-electron chi connectivity index (χ0n) is 8.38. The van der Waals surface area contributed by atoms with Crippen LogP contribution < -0.4 is 0 Å². The average Bonchev–Trinajstić information content (AvgIpc) is 2.65. The van der Waals surface area contributed by atoms with E-state index in [4.69, 9.17) is 5.11 Å². The molecule has 1 aromatic carbocycles. The van der Waals surface area contributed by atoms with Crippen molar-refractivity contribution in [1.29, 1.82) is 0 Å². The molecule has 0 amide bonds. The molecule has 0 aliphatic rings. The number of hydrogen-bond acceptors (Lipinski definition) is 3. The Bertz CT molecular complexity index is 551. The Labute approximate surface area is 90.1 Å². The van der Waals surface area contributed by atoms with Crippen LogP contribution in [0.25, 0.3) is 11.3 Å². The first kappa shape index (κ1) is 10.3. The number of aromatic nitrogens is 3. The summed E-state index contributed by atoms with van der Waals surface area (Å²) in [6, 6.07) is 3.86. The zero-order chi connectivity index (χ0) is 11.7. The van der Waals surface area contributed by atoms with Gasteiger partial charge in [-0.15, -0.1) is 5.10 Å². The lowest BCUT2D eigenvalue weighted by Crippen LogP contribution is -2.01. The fourth-order valence-corrected chi connectivity index (χ4v) is 1.40. The summed E-state index contributed by atoms with van der Waals surface area (Å²) in [4.78, 5) is 10.8. The number of carboxylic acids is 1. The van der Waals surface area contributed by atoms with Gasteiger partial charge in [-0.25, -0.2) is 13.9 Å². The van der Waals surface area contributed by atoms with Crippen molar-refractivity contribution in [3.05, 3.63) is 35.8 Å². The highest BCUT2D eigenvalue weighted by atomic mass is 19.1. The Morgan fingerprint density at radius 2 is 2.25 bits per heavy atom. The minimum atomic E-state index is -1.30. The van der Waals surface area contributed by atoms with Gasteiger partial charge >= 0.3 is 5.97 Å². The summed E-state index contributed by atoms with van der Waals surface area (Å²) in [5, 5.41) is 16.2. The smallest absolute Gasteiger partial charge is 0.338 e. The number of carbonyl (C=O) groups is 1. The van der Waals surface area contributed by atoms with E-state index in [0.717, 1.165) is 6.07 Å². The predicted octanol–water partition coefficient (Wildman–Crippen LogP) is 1.32. The summed E-state index contributed by atoms with van der Waals surface area (Å²) >= 11 is 0. The number of nitrogens with zero attached hydrogens (tertiary/aromatic N) is 3. The molecule has 1 aromatic heterocycles. The van der Waals surface area contributed by atoms with E-state index in [1.165, 1.54) is 23.0 Å². The van der Waals surface area contributed by atoms with Crippen molar-refractivity contribution in [2.45, 2.75) is 0 Å². The molecule has 16 heavy (non-hydrogen) atoms. The van der Waals surface area contributed by atoms with Gasteiger partial charge < -0.3 is 5.11 Å². The molecule has 1 N–H and O–H groups in total. The maximum absolute atomic E-state index is 13.1. The Kier molecular flexibility index (Phi) is 2.40. The molecule has 0 saturated heterocycles. The van der Waals surface area contributed by atoms with Crippen LogP contribution in [0.15, 0.2) is 24.4 Å². The SMILES string of the molecule is Cn1nncc1-c1ccc(F)c(C(=O)O)c1. The number of carboxylic acid groups (broad SMARTS) is 1. The quantitative estimate of drug-likeness (QED) is 0.830. The van der Waals surface area contributed by atoms with Crippen LogP contribution in [0.3, 0.4) is 0 Å². The molecule has 0 atom stereocenters. The third-order valence-corrected chi connectivity index (χ3v) is 2.21. The molecule has 5 nitrogen and oxygen atoms in total. The van der Waals surface area contributed by atoms with Crippen LogP contribution >= 0.6 is 0 Å². The monoisotopic (exact) mass is 221 g/mol. The van der Waals surface area contributed by atoms with Crippen LogP contribution in [0.1, 0.15) is 10.4 Å². The van der Waals surface area contributed by atoms with Crippen molar-refractivity contribution < 1.29 is 14.3 Å². The highest BCUT2D eigenvalue weighted by Crippen LogP contribution is 2.20. The van der Waals surface area contributed by atoms with E-state index >= 15 is 0 Å². The molecule has 0 radical (unpaired) electrons. The van der Waals surface area contributed by atoms with Gasteiger partial charge in [-0.2, -0.15) is 0 Å². The van der Waals surface area contributed by atoms with Gasteiger partial charge in [0.25, 0.3) is 0 Å². The van der Waals surface area contributed by atoms with Crippen molar-refractivity contribution >= 4 is 5.97 Å². The average molecular weight is 221 g/mol. The van der Waals surface area contributed by atoms with Crippen molar-refractivity contribution in [1.82, 2.24) is 15.0 Å². The molecule has 0 bridgehead atoms. The molecular weight excluding hydrogens is 213 g/mol. The van der Waals surface area contributed by atoms with Crippen molar-refractivity contribution in [2.24, 2.45) is 7.05 Å². The maximum atomic E-state index is 13.1. The number of rotatable bonds is 2. The largest absolute Gasteiger partial charge is 0.478 e. The fraction of sp³-hybridized carbons (Fsp3) is 0.100. The van der Waals surface area contributed by atoms with Crippen LogP contribution in [-0.2, 0) is 7.05 Å².